The van der Waals surface area contributed by atoms with Gasteiger partial charge in [-0.3, -0.25) is 4.79 Å². The van der Waals surface area contributed by atoms with E-state index in [2.05, 4.69) is 4.72 Å². The lowest BCUT2D eigenvalue weighted by molar-refractivity contribution is 0.0908. The smallest absolute Gasteiger partial charge is 0.265 e. The highest BCUT2D eigenvalue weighted by atomic mass is 32.2. The lowest BCUT2D eigenvalue weighted by Gasteiger charge is -2.22. The van der Waals surface area contributed by atoms with Gasteiger partial charge in [-0.1, -0.05) is 0 Å². The second-order valence-corrected chi connectivity index (χ2v) is 7.42. The maximum absolute atomic E-state index is 12.1. The van der Waals surface area contributed by atoms with Crippen molar-refractivity contribution < 1.29 is 18.3 Å². The molecule has 9 heteroatoms. The lowest BCUT2D eigenvalue weighted by Crippen LogP contribution is -2.42. The Bertz CT molecular complexity index is 593. The monoisotopic (exact) mass is 321 g/mol. The molecule has 0 saturated heterocycles. The average molecular weight is 321 g/mol. The zero-order chi connectivity index (χ0) is 15.6. The van der Waals surface area contributed by atoms with Gasteiger partial charge in [-0.15, -0.1) is 0 Å². The highest BCUT2D eigenvalue weighted by Gasteiger charge is 2.25. The van der Waals surface area contributed by atoms with Crippen LogP contribution >= 0.6 is 11.8 Å². The van der Waals surface area contributed by atoms with Gasteiger partial charge in [0.05, 0.1) is 5.60 Å². The number of carbonyl (C=O) groups excluding carboxylic acids is 1. The molecule has 1 aromatic heterocycles. The average Bonchev–Trinajstić information content (AvgIpc) is 2.70. The standard InChI is InChI=1S/C11H19N3O4S2/c1-11(16,7-19-3)6-13-20(17,18)8-4-9(10(12)15)14(2)5-8/h4-5,13,16H,6-7H2,1-3H3,(H2,12,15). The predicted molar refractivity (Wildman–Crippen MR) is 78.1 cm³/mol. The number of hydrogen-bond acceptors (Lipinski definition) is 5. The Labute approximate surface area is 122 Å². The van der Waals surface area contributed by atoms with Gasteiger partial charge in [0, 0.05) is 25.5 Å². The third-order valence-corrected chi connectivity index (χ3v) is 4.92. The van der Waals surface area contributed by atoms with E-state index in [1.807, 2.05) is 6.26 Å². The summed E-state index contributed by atoms with van der Waals surface area (Å²) in [6.45, 7) is 1.43. The van der Waals surface area contributed by atoms with Gasteiger partial charge in [-0.25, -0.2) is 13.1 Å². The first kappa shape index (κ1) is 17.0. The summed E-state index contributed by atoms with van der Waals surface area (Å²) in [5.41, 5.74) is 4.09. The molecule has 0 bridgehead atoms. The summed E-state index contributed by atoms with van der Waals surface area (Å²) in [6, 6.07) is 1.20. The molecule has 0 radical (unpaired) electrons. The van der Waals surface area contributed by atoms with Crippen molar-refractivity contribution in [3.05, 3.63) is 18.0 Å². The number of carbonyl (C=O) groups is 1. The Morgan fingerprint density at radius 2 is 2.20 bits per heavy atom. The van der Waals surface area contributed by atoms with Crippen LogP contribution in [0.5, 0.6) is 0 Å². The largest absolute Gasteiger partial charge is 0.388 e. The number of aryl methyl sites for hydroxylation is 1. The van der Waals surface area contributed by atoms with E-state index in [1.54, 1.807) is 6.92 Å². The summed E-state index contributed by atoms with van der Waals surface area (Å²) >= 11 is 1.42. The quantitative estimate of drug-likeness (QED) is 0.627. The van der Waals surface area contributed by atoms with E-state index in [0.29, 0.717) is 5.75 Å². The third-order valence-electron chi connectivity index (χ3n) is 2.64. The molecule has 0 aliphatic rings. The van der Waals surface area contributed by atoms with E-state index >= 15 is 0 Å². The number of sulfonamides is 1. The van der Waals surface area contributed by atoms with Gasteiger partial charge in [0.25, 0.3) is 5.91 Å². The molecule has 1 atom stereocenters. The zero-order valence-corrected chi connectivity index (χ0v) is 13.2. The van der Waals surface area contributed by atoms with Gasteiger partial charge in [0.1, 0.15) is 10.6 Å². The number of amides is 1. The molecule has 1 aromatic rings. The number of rotatable bonds is 7. The van der Waals surface area contributed by atoms with Crippen molar-refractivity contribution in [2.45, 2.75) is 17.4 Å². The van der Waals surface area contributed by atoms with E-state index in [4.69, 9.17) is 5.73 Å². The van der Waals surface area contributed by atoms with Crippen molar-refractivity contribution in [1.29, 1.82) is 0 Å². The van der Waals surface area contributed by atoms with Gasteiger partial charge < -0.3 is 15.4 Å². The zero-order valence-electron chi connectivity index (χ0n) is 11.6. The molecular weight excluding hydrogens is 302 g/mol. The Morgan fingerprint density at radius 1 is 1.60 bits per heavy atom. The minimum absolute atomic E-state index is 0.0613. The number of aromatic nitrogens is 1. The normalized spacial score (nSPS) is 15.0. The van der Waals surface area contributed by atoms with Gasteiger partial charge in [-0.05, 0) is 19.2 Å². The minimum atomic E-state index is -3.79. The van der Waals surface area contributed by atoms with Crippen LogP contribution in [0, 0.1) is 0 Å². The van der Waals surface area contributed by atoms with Crippen LogP contribution < -0.4 is 10.5 Å². The Hall–Kier alpha value is -1.03. The molecule has 1 heterocycles. The van der Waals surface area contributed by atoms with E-state index in [9.17, 15) is 18.3 Å². The first-order valence-corrected chi connectivity index (χ1v) is 8.64. The van der Waals surface area contributed by atoms with Crippen LogP contribution in [-0.4, -0.2) is 48.2 Å². The van der Waals surface area contributed by atoms with Crippen molar-refractivity contribution in [1.82, 2.24) is 9.29 Å². The van der Waals surface area contributed by atoms with Gasteiger partial charge in [-0.2, -0.15) is 11.8 Å². The molecule has 1 rings (SSSR count). The summed E-state index contributed by atoms with van der Waals surface area (Å²) < 4.78 is 27.8. The molecule has 0 spiro atoms. The number of aliphatic hydroxyl groups is 1. The second kappa shape index (κ2) is 6.17. The second-order valence-electron chi connectivity index (χ2n) is 4.79. The number of nitrogens with two attached hydrogens (primary N) is 1. The SMILES string of the molecule is CSCC(C)(O)CNS(=O)(=O)c1cc(C(N)=O)n(C)c1. The summed E-state index contributed by atoms with van der Waals surface area (Å²) in [5.74, 6) is -0.306. The molecular formula is C11H19N3O4S2. The number of primary amides is 1. The third kappa shape index (κ3) is 4.23. The van der Waals surface area contributed by atoms with Crippen LogP contribution in [0.3, 0.4) is 0 Å². The Kier molecular flexibility index (Phi) is 5.25. The Balaban J connectivity index is 2.90. The molecule has 1 unspecified atom stereocenters. The highest BCUT2D eigenvalue weighted by Crippen LogP contribution is 2.15. The van der Waals surface area contributed by atoms with Gasteiger partial charge >= 0.3 is 0 Å². The molecule has 0 saturated carbocycles. The van der Waals surface area contributed by atoms with E-state index in [1.165, 1.54) is 35.6 Å². The van der Waals surface area contributed by atoms with Crippen molar-refractivity contribution >= 4 is 27.7 Å². The molecule has 1 amide bonds. The van der Waals surface area contributed by atoms with Crippen LogP contribution in [0.15, 0.2) is 17.2 Å². The number of thioether (sulfide) groups is 1. The summed E-state index contributed by atoms with van der Waals surface area (Å²) in [4.78, 5) is 11.0. The number of nitrogens with one attached hydrogen (secondary N) is 1. The molecule has 20 heavy (non-hydrogen) atoms. The van der Waals surface area contributed by atoms with Gasteiger partial charge in [0.15, 0.2) is 0 Å². The number of nitrogens with zero attached hydrogens (tertiary/aromatic N) is 1. The Morgan fingerprint density at radius 3 is 2.65 bits per heavy atom. The van der Waals surface area contributed by atoms with Crippen molar-refractivity contribution in [3.63, 3.8) is 0 Å². The molecule has 0 aromatic carbocycles. The van der Waals surface area contributed by atoms with E-state index < -0.39 is 21.5 Å². The first-order valence-electron chi connectivity index (χ1n) is 5.76. The molecule has 0 aliphatic heterocycles. The van der Waals surface area contributed by atoms with Crippen LogP contribution in [0.1, 0.15) is 17.4 Å². The number of hydrogen-bond donors (Lipinski definition) is 3. The fourth-order valence-electron chi connectivity index (χ4n) is 1.62. The van der Waals surface area contributed by atoms with Crippen LogP contribution in [-0.2, 0) is 17.1 Å². The maximum atomic E-state index is 12.1. The summed E-state index contributed by atoms with van der Waals surface area (Å²) in [6.07, 6.45) is 3.12. The van der Waals surface area contributed by atoms with Crippen LogP contribution in [0.4, 0.5) is 0 Å². The molecule has 114 valence electrons. The molecule has 7 nitrogen and oxygen atoms in total. The predicted octanol–water partition coefficient (Wildman–Crippen LogP) is -0.484. The fourth-order valence-corrected chi connectivity index (χ4v) is 3.58. The lowest BCUT2D eigenvalue weighted by atomic mass is 10.1. The minimum Gasteiger partial charge on any atom is -0.388 e. The van der Waals surface area contributed by atoms with Crippen LogP contribution in [0.25, 0.3) is 0 Å². The van der Waals surface area contributed by atoms with Gasteiger partial charge in [0.2, 0.25) is 10.0 Å². The summed E-state index contributed by atoms with van der Waals surface area (Å²) in [5, 5.41) is 9.95. The molecule has 0 fully saturated rings. The molecule has 0 aliphatic carbocycles. The van der Waals surface area contributed by atoms with Crippen molar-refractivity contribution in [2.75, 3.05) is 18.6 Å². The highest BCUT2D eigenvalue weighted by molar-refractivity contribution is 7.98. The van der Waals surface area contributed by atoms with Crippen molar-refractivity contribution in [2.24, 2.45) is 12.8 Å². The van der Waals surface area contributed by atoms with Crippen molar-refractivity contribution in [3.8, 4) is 0 Å². The first-order chi connectivity index (χ1) is 9.09. The van der Waals surface area contributed by atoms with E-state index in [0.717, 1.165) is 0 Å². The molecule has 4 N–H and O–H groups in total. The maximum Gasteiger partial charge on any atom is 0.265 e. The topological polar surface area (TPSA) is 114 Å². The summed E-state index contributed by atoms with van der Waals surface area (Å²) in [7, 11) is -2.26. The fraction of sp³-hybridized carbons (Fsp3) is 0.545. The van der Waals surface area contributed by atoms with Crippen LogP contribution in [0.2, 0.25) is 0 Å². The van der Waals surface area contributed by atoms with E-state index in [-0.39, 0.29) is 17.1 Å².